The number of hydrogen-bond acceptors (Lipinski definition) is 2. The monoisotopic (exact) mass is 253 g/mol. The lowest BCUT2D eigenvalue weighted by molar-refractivity contribution is 0.268. The number of nitrogens with one attached hydrogen (secondary N) is 1. The second-order valence-corrected chi connectivity index (χ2v) is 5.10. The van der Waals surface area contributed by atoms with Gasteiger partial charge in [0, 0.05) is 11.1 Å². The summed E-state index contributed by atoms with van der Waals surface area (Å²) in [5.74, 6) is 0.919. The Hall–Kier alpha value is -0.730. The lowest BCUT2D eigenvalue weighted by Crippen LogP contribution is -2.35. The van der Waals surface area contributed by atoms with Crippen molar-refractivity contribution in [1.82, 2.24) is 5.32 Å². The molecule has 1 aliphatic rings. The van der Waals surface area contributed by atoms with E-state index < -0.39 is 0 Å². The van der Waals surface area contributed by atoms with Crippen LogP contribution >= 0.6 is 11.6 Å². The molecule has 1 fully saturated rings. The molecule has 1 atom stereocenters. The minimum absolute atomic E-state index is 0.636. The molecule has 2 rings (SSSR count). The summed E-state index contributed by atoms with van der Waals surface area (Å²) in [7, 11) is 0. The highest BCUT2D eigenvalue weighted by Crippen LogP contribution is 2.21. The van der Waals surface area contributed by atoms with Gasteiger partial charge < -0.3 is 10.1 Å². The molecule has 17 heavy (non-hydrogen) atoms. The molecule has 0 bridgehead atoms. The number of aryl methyl sites for hydroxylation is 1. The summed E-state index contributed by atoms with van der Waals surface area (Å²) in [6.07, 6.45) is 5.02. The Morgan fingerprint density at radius 2 is 2.29 bits per heavy atom. The number of benzene rings is 1. The third kappa shape index (κ3) is 3.90. The molecule has 1 saturated heterocycles. The molecule has 2 nitrogen and oxygen atoms in total. The zero-order chi connectivity index (χ0) is 12.1. The molecular formula is C14H20ClNO. The zero-order valence-electron chi connectivity index (χ0n) is 10.3. The molecule has 0 aromatic heterocycles. The molecule has 0 spiro atoms. The highest BCUT2D eigenvalue weighted by atomic mass is 35.5. The SMILES string of the molecule is Cc1cc(OCC[C@H]2CCCCN2)ccc1Cl. The maximum absolute atomic E-state index is 5.97. The smallest absolute Gasteiger partial charge is 0.119 e. The van der Waals surface area contributed by atoms with E-state index in [1.165, 1.54) is 19.3 Å². The average Bonchev–Trinajstić information content (AvgIpc) is 2.35. The fourth-order valence-corrected chi connectivity index (χ4v) is 2.31. The molecule has 0 saturated carbocycles. The number of rotatable bonds is 4. The molecule has 0 radical (unpaired) electrons. The van der Waals surface area contributed by atoms with Crippen molar-refractivity contribution in [3.63, 3.8) is 0 Å². The van der Waals surface area contributed by atoms with E-state index in [1.54, 1.807) is 0 Å². The van der Waals surface area contributed by atoms with E-state index in [2.05, 4.69) is 5.32 Å². The Morgan fingerprint density at radius 1 is 1.41 bits per heavy atom. The van der Waals surface area contributed by atoms with Gasteiger partial charge in [-0.25, -0.2) is 0 Å². The Kier molecular flexibility index (Phi) is 4.69. The Morgan fingerprint density at radius 3 is 3.00 bits per heavy atom. The van der Waals surface area contributed by atoms with Gasteiger partial charge in [0.25, 0.3) is 0 Å². The molecule has 0 amide bonds. The Bertz CT molecular complexity index is 361. The summed E-state index contributed by atoms with van der Waals surface area (Å²) in [6.45, 7) is 3.93. The number of hydrogen-bond donors (Lipinski definition) is 1. The molecule has 94 valence electrons. The maximum atomic E-state index is 5.97. The van der Waals surface area contributed by atoms with E-state index in [-0.39, 0.29) is 0 Å². The number of piperidine rings is 1. The van der Waals surface area contributed by atoms with Crippen LogP contribution in [0.2, 0.25) is 5.02 Å². The van der Waals surface area contributed by atoms with Crippen LogP contribution in [0.5, 0.6) is 5.75 Å². The fraction of sp³-hybridized carbons (Fsp3) is 0.571. The van der Waals surface area contributed by atoms with Crippen molar-refractivity contribution in [2.45, 2.75) is 38.6 Å². The van der Waals surface area contributed by atoms with Crippen molar-refractivity contribution >= 4 is 11.6 Å². The minimum Gasteiger partial charge on any atom is -0.494 e. The molecule has 1 heterocycles. The van der Waals surface area contributed by atoms with Crippen LogP contribution in [-0.2, 0) is 0 Å². The van der Waals surface area contributed by atoms with E-state index >= 15 is 0 Å². The highest BCUT2D eigenvalue weighted by Gasteiger charge is 2.12. The Balaban J connectivity index is 1.75. The largest absolute Gasteiger partial charge is 0.494 e. The number of halogens is 1. The molecule has 0 aliphatic carbocycles. The van der Waals surface area contributed by atoms with Gasteiger partial charge in [-0.3, -0.25) is 0 Å². The summed E-state index contributed by atoms with van der Waals surface area (Å²) >= 11 is 5.97. The van der Waals surface area contributed by atoms with Crippen molar-refractivity contribution in [3.8, 4) is 5.75 Å². The predicted molar refractivity (Wildman–Crippen MR) is 71.9 cm³/mol. The summed E-state index contributed by atoms with van der Waals surface area (Å²) in [6, 6.07) is 6.46. The molecular weight excluding hydrogens is 234 g/mol. The average molecular weight is 254 g/mol. The topological polar surface area (TPSA) is 21.3 Å². The summed E-state index contributed by atoms with van der Waals surface area (Å²) in [5.41, 5.74) is 1.07. The first-order valence-corrected chi connectivity index (χ1v) is 6.76. The van der Waals surface area contributed by atoms with Gasteiger partial charge in [0.05, 0.1) is 6.61 Å². The van der Waals surface area contributed by atoms with Gasteiger partial charge >= 0.3 is 0 Å². The third-order valence-electron chi connectivity index (χ3n) is 3.28. The van der Waals surface area contributed by atoms with Gasteiger partial charge in [0.15, 0.2) is 0 Å². The summed E-state index contributed by atoms with van der Waals surface area (Å²) < 4.78 is 5.75. The Labute approximate surface area is 108 Å². The van der Waals surface area contributed by atoms with Crippen LogP contribution in [0.15, 0.2) is 18.2 Å². The molecule has 3 heteroatoms. The van der Waals surface area contributed by atoms with Gasteiger partial charge in [-0.1, -0.05) is 18.0 Å². The van der Waals surface area contributed by atoms with E-state index in [0.29, 0.717) is 6.04 Å². The molecule has 1 aliphatic heterocycles. The zero-order valence-corrected chi connectivity index (χ0v) is 11.1. The minimum atomic E-state index is 0.636. The fourth-order valence-electron chi connectivity index (χ4n) is 2.20. The first kappa shape index (κ1) is 12.7. The molecule has 1 aromatic rings. The predicted octanol–water partition coefficient (Wildman–Crippen LogP) is 3.56. The van der Waals surface area contributed by atoms with Crippen molar-refractivity contribution in [2.75, 3.05) is 13.2 Å². The standard InChI is InChI=1S/C14H20ClNO/c1-11-10-13(5-6-14(11)15)17-9-7-12-4-2-3-8-16-12/h5-6,10,12,16H,2-4,7-9H2,1H3/t12-/m1/s1. The third-order valence-corrected chi connectivity index (χ3v) is 3.70. The quantitative estimate of drug-likeness (QED) is 0.886. The first-order valence-electron chi connectivity index (χ1n) is 6.38. The summed E-state index contributed by atoms with van der Waals surface area (Å²) in [4.78, 5) is 0. The van der Waals surface area contributed by atoms with Gasteiger partial charge in [-0.15, -0.1) is 0 Å². The second kappa shape index (κ2) is 6.27. The van der Waals surface area contributed by atoms with Crippen molar-refractivity contribution in [2.24, 2.45) is 0 Å². The van der Waals surface area contributed by atoms with Gasteiger partial charge in [0.2, 0.25) is 0 Å². The van der Waals surface area contributed by atoms with E-state index in [0.717, 1.165) is 35.9 Å². The van der Waals surface area contributed by atoms with Gasteiger partial charge in [-0.2, -0.15) is 0 Å². The van der Waals surface area contributed by atoms with Crippen LogP contribution in [0.25, 0.3) is 0 Å². The first-order chi connectivity index (χ1) is 8.25. The van der Waals surface area contributed by atoms with Crippen LogP contribution in [0.1, 0.15) is 31.2 Å². The normalized spacial score (nSPS) is 20.2. The van der Waals surface area contributed by atoms with Crippen LogP contribution in [0, 0.1) is 6.92 Å². The molecule has 1 N–H and O–H groups in total. The molecule has 0 unspecified atom stereocenters. The van der Waals surface area contributed by atoms with E-state index in [9.17, 15) is 0 Å². The van der Waals surface area contributed by atoms with Crippen LogP contribution in [-0.4, -0.2) is 19.2 Å². The highest BCUT2D eigenvalue weighted by molar-refractivity contribution is 6.31. The van der Waals surface area contributed by atoms with Gasteiger partial charge in [0.1, 0.15) is 5.75 Å². The second-order valence-electron chi connectivity index (χ2n) is 4.69. The van der Waals surface area contributed by atoms with Crippen molar-refractivity contribution in [3.05, 3.63) is 28.8 Å². The van der Waals surface area contributed by atoms with E-state index in [1.807, 2.05) is 25.1 Å². The lowest BCUT2D eigenvalue weighted by Gasteiger charge is -2.23. The lowest BCUT2D eigenvalue weighted by atomic mass is 10.0. The maximum Gasteiger partial charge on any atom is 0.119 e. The van der Waals surface area contributed by atoms with Gasteiger partial charge in [-0.05, 0) is 56.5 Å². The van der Waals surface area contributed by atoms with Crippen molar-refractivity contribution < 1.29 is 4.74 Å². The summed E-state index contributed by atoms with van der Waals surface area (Å²) in [5, 5.41) is 4.32. The van der Waals surface area contributed by atoms with Crippen LogP contribution < -0.4 is 10.1 Å². The van der Waals surface area contributed by atoms with Crippen LogP contribution in [0.3, 0.4) is 0 Å². The van der Waals surface area contributed by atoms with Crippen molar-refractivity contribution in [1.29, 1.82) is 0 Å². The number of ether oxygens (including phenoxy) is 1. The molecule has 1 aromatic carbocycles. The van der Waals surface area contributed by atoms with Crippen LogP contribution in [0.4, 0.5) is 0 Å². The van der Waals surface area contributed by atoms with E-state index in [4.69, 9.17) is 16.3 Å².